The molecular formula is C14H24. The van der Waals surface area contributed by atoms with Gasteiger partial charge in [0.05, 0.1) is 0 Å². The van der Waals surface area contributed by atoms with Crippen LogP contribution in [0.2, 0.25) is 0 Å². The molecule has 0 nitrogen and oxygen atoms in total. The van der Waals surface area contributed by atoms with Gasteiger partial charge in [0.25, 0.3) is 0 Å². The van der Waals surface area contributed by atoms with Crippen LogP contribution in [0.25, 0.3) is 0 Å². The lowest BCUT2D eigenvalue weighted by Crippen LogP contribution is -2.28. The van der Waals surface area contributed by atoms with Crippen molar-refractivity contribution in [1.29, 1.82) is 0 Å². The molecule has 0 heteroatoms. The quantitative estimate of drug-likeness (QED) is 0.556. The van der Waals surface area contributed by atoms with Gasteiger partial charge in [-0.2, -0.15) is 0 Å². The van der Waals surface area contributed by atoms with Crippen molar-refractivity contribution >= 4 is 0 Å². The summed E-state index contributed by atoms with van der Waals surface area (Å²) in [7, 11) is 0. The van der Waals surface area contributed by atoms with Gasteiger partial charge < -0.3 is 0 Å². The van der Waals surface area contributed by atoms with Crippen molar-refractivity contribution < 1.29 is 0 Å². The molecule has 0 spiro atoms. The van der Waals surface area contributed by atoms with Crippen LogP contribution in [-0.4, -0.2) is 0 Å². The maximum absolute atomic E-state index is 2.64. The minimum Gasteiger partial charge on any atom is -0.0817 e. The predicted octanol–water partition coefficient (Wildman–Crippen LogP) is 4.70. The summed E-state index contributed by atoms with van der Waals surface area (Å²) in [6.45, 7) is 4.81. The zero-order valence-electron chi connectivity index (χ0n) is 9.81. The molecule has 2 unspecified atom stereocenters. The van der Waals surface area contributed by atoms with Crippen LogP contribution in [0.3, 0.4) is 0 Å². The molecular weight excluding hydrogens is 168 g/mol. The van der Waals surface area contributed by atoms with Crippen molar-refractivity contribution in [2.24, 2.45) is 11.3 Å². The molecule has 2 aliphatic carbocycles. The van der Waals surface area contributed by atoms with E-state index >= 15 is 0 Å². The highest BCUT2D eigenvalue weighted by Crippen LogP contribution is 2.48. The molecule has 0 aliphatic heterocycles. The minimum atomic E-state index is 0.614. The molecule has 0 heterocycles. The molecule has 0 amide bonds. The monoisotopic (exact) mass is 192 g/mol. The van der Waals surface area contributed by atoms with E-state index in [1.54, 1.807) is 0 Å². The highest BCUT2D eigenvalue weighted by molar-refractivity contribution is 5.20. The third-order valence-electron chi connectivity index (χ3n) is 4.36. The minimum absolute atomic E-state index is 0.614. The van der Waals surface area contributed by atoms with Crippen molar-refractivity contribution in [3.63, 3.8) is 0 Å². The Kier molecular flexibility index (Phi) is 2.99. The van der Waals surface area contributed by atoms with Gasteiger partial charge >= 0.3 is 0 Å². The second-order valence-corrected chi connectivity index (χ2v) is 5.55. The van der Waals surface area contributed by atoms with Gasteiger partial charge in [-0.15, -0.1) is 0 Å². The third kappa shape index (κ3) is 1.89. The van der Waals surface area contributed by atoms with E-state index < -0.39 is 0 Å². The van der Waals surface area contributed by atoms with Gasteiger partial charge in [0.2, 0.25) is 0 Å². The van der Waals surface area contributed by atoms with Gasteiger partial charge in [0.15, 0.2) is 0 Å². The van der Waals surface area contributed by atoms with Gasteiger partial charge in [-0.1, -0.05) is 38.3 Å². The molecule has 2 aliphatic rings. The number of rotatable bonds is 2. The average Bonchev–Trinajstić information content (AvgIpc) is 2.19. The Morgan fingerprint density at radius 3 is 3.00 bits per heavy atom. The SMILES string of the molecule is CCCC1C=C2CCCCC2(C)CC1. The lowest BCUT2D eigenvalue weighted by Gasteiger charge is -2.41. The van der Waals surface area contributed by atoms with Crippen LogP contribution < -0.4 is 0 Å². The molecule has 0 aromatic heterocycles. The van der Waals surface area contributed by atoms with E-state index in [0.717, 1.165) is 5.92 Å². The van der Waals surface area contributed by atoms with E-state index in [1.165, 1.54) is 51.4 Å². The Bertz CT molecular complexity index is 226. The molecule has 1 fully saturated rings. The highest BCUT2D eigenvalue weighted by Gasteiger charge is 2.34. The van der Waals surface area contributed by atoms with Crippen LogP contribution >= 0.6 is 0 Å². The summed E-state index contributed by atoms with van der Waals surface area (Å²) in [5.74, 6) is 0.918. The lowest BCUT2D eigenvalue weighted by atomic mass is 9.64. The van der Waals surface area contributed by atoms with Crippen LogP contribution in [0.15, 0.2) is 11.6 Å². The summed E-state index contributed by atoms with van der Waals surface area (Å²) >= 11 is 0. The maximum atomic E-state index is 2.64. The second-order valence-electron chi connectivity index (χ2n) is 5.55. The van der Waals surface area contributed by atoms with E-state index in [-0.39, 0.29) is 0 Å². The van der Waals surface area contributed by atoms with E-state index in [0.29, 0.717) is 5.41 Å². The van der Waals surface area contributed by atoms with Gasteiger partial charge in [0.1, 0.15) is 0 Å². The molecule has 0 N–H and O–H groups in total. The predicted molar refractivity (Wildman–Crippen MR) is 62.3 cm³/mol. The fraction of sp³-hybridized carbons (Fsp3) is 0.857. The van der Waals surface area contributed by atoms with E-state index in [2.05, 4.69) is 19.9 Å². The average molecular weight is 192 g/mol. The fourth-order valence-electron chi connectivity index (χ4n) is 3.33. The normalized spacial score (nSPS) is 37.6. The Balaban J connectivity index is 2.10. The first-order valence-corrected chi connectivity index (χ1v) is 6.46. The van der Waals surface area contributed by atoms with Crippen LogP contribution in [0.5, 0.6) is 0 Å². The molecule has 0 radical (unpaired) electrons. The summed E-state index contributed by atoms with van der Waals surface area (Å²) in [6.07, 6.45) is 14.1. The highest BCUT2D eigenvalue weighted by atomic mass is 14.4. The zero-order valence-corrected chi connectivity index (χ0v) is 9.81. The van der Waals surface area contributed by atoms with E-state index in [4.69, 9.17) is 0 Å². The largest absolute Gasteiger partial charge is 0.0817 e. The van der Waals surface area contributed by atoms with Gasteiger partial charge in [-0.3, -0.25) is 0 Å². The first-order chi connectivity index (χ1) is 6.74. The van der Waals surface area contributed by atoms with Crippen LogP contribution in [0.1, 0.15) is 65.2 Å². The maximum Gasteiger partial charge on any atom is -0.0116 e. The summed E-state index contributed by atoms with van der Waals surface area (Å²) in [4.78, 5) is 0. The van der Waals surface area contributed by atoms with Crippen LogP contribution in [0.4, 0.5) is 0 Å². The Labute approximate surface area is 88.8 Å². The van der Waals surface area contributed by atoms with Gasteiger partial charge in [-0.05, 0) is 49.9 Å². The number of hydrogen-bond donors (Lipinski definition) is 0. The summed E-state index contributed by atoms with van der Waals surface area (Å²) in [5, 5.41) is 0. The molecule has 0 aromatic carbocycles. The smallest absolute Gasteiger partial charge is 0.0116 e. The van der Waals surface area contributed by atoms with Crippen molar-refractivity contribution in [3.8, 4) is 0 Å². The summed E-state index contributed by atoms with van der Waals surface area (Å²) < 4.78 is 0. The van der Waals surface area contributed by atoms with Crippen LogP contribution in [-0.2, 0) is 0 Å². The number of hydrogen-bond acceptors (Lipinski definition) is 0. The standard InChI is InChI=1S/C14H24/c1-3-6-12-8-10-14(2)9-5-4-7-13(14)11-12/h11-12H,3-10H2,1-2H3. The second kappa shape index (κ2) is 4.08. The van der Waals surface area contributed by atoms with Crippen molar-refractivity contribution in [3.05, 3.63) is 11.6 Å². The topological polar surface area (TPSA) is 0 Å². The lowest BCUT2D eigenvalue weighted by molar-refractivity contribution is 0.238. The van der Waals surface area contributed by atoms with Gasteiger partial charge in [0, 0.05) is 0 Å². The first kappa shape index (κ1) is 10.3. The molecule has 0 saturated heterocycles. The Morgan fingerprint density at radius 1 is 1.36 bits per heavy atom. The molecule has 80 valence electrons. The zero-order chi connectivity index (χ0) is 10.0. The fourth-order valence-corrected chi connectivity index (χ4v) is 3.33. The van der Waals surface area contributed by atoms with E-state index in [1.807, 2.05) is 5.57 Å². The molecule has 2 rings (SSSR count). The number of allylic oxidation sites excluding steroid dienone is 2. The Hall–Kier alpha value is -0.260. The van der Waals surface area contributed by atoms with Crippen molar-refractivity contribution in [2.45, 2.75) is 65.2 Å². The molecule has 14 heavy (non-hydrogen) atoms. The van der Waals surface area contributed by atoms with Crippen molar-refractivity contribution in [1.82, 2.24) is 0 Å². The number of fused-ring (bicyclic) bond motifs is 1. The summed E-state index contributed by atoms with van der Waals surface area (Å²) in [6, 6.07) is 0. The first-order valence-electron chi connectivity index (χ1n) is 6.46. The molecule has 0 bridgehead atoms. The van der Waals surface area contributed by atoms with Gasteiger partial charge in [-0.25, -0.2) is 0 Å². The third-order valence-corrected chi connectivity index (χ3v) is 4.36. The van der Waals surface area contributed by atoms with Crippen LogP contribution in [0, 0.1) is 11.3 Å². The Morgan fingerprint density at radius 2 is 2.21 bits per heavy atom. The molecule has 2 atom stereocenters. The van der Waals surface area contributed by atoms with E-state index in [9.17, 15) is 0 Å². The summed E-state index contributed by atoms with van der Waals surface area (Å²) in [5.41, 5.74) is 2.43. The molecule has 0 aromatic rings. The van der Waals surface area contributed by atoms with Crippen molar-refractivity contribution in [2.75, 3.05) is 0 Å². The molecule has 1 saturated carbocycles.